The van der Waals surface area contributed by atoms with Crippen LogP contribution in [0.25, 0.3) is 22.6 Å². The molecule has 0 atom stereocenters. The molecule has 0 saturated carbocycles. The minimum Gasteiger partial charge on any atom is -0.325 e. The van der Waals surface area contributed by atoms with E-state index in [0.29, 0.717) is 0 Å². The zero-order valence-electron chi connectivity index (χ0n) is 11.1. The van der Waals surface area contributed by atoms with Gasteiger partial charge in [0.1, 0.15) is 5.69 Å². The van der Waals surface area contributed by atoms with E-state index in [1.54, 1.807) is 6.20 Å². The summed E-state index contributed by atoms with van der Waals surface area (Å²) in [5, 5.41) is 4.52. The van der Waals surface area contributed by atoms with E-state index in [0.717, 1.165) is 39.1 Å². The Morgan fingerprint density at radius 3 is 2.74 bits per heavy atom. The van der Waals surface area contributed by atoms with Crippen LogP contribution in [-0.4, -0.2) is 24.3 Å². The van der Waals surface area contributed by atoms with E-state index in [1.807, 2.05) is 35.6 Å². The molecule has 0 saturated heterocycles. The molecule has 0 unspecified atom stereocenters. The summed E-state index contributed by atoms with van der Waals surface area (Å²) in [6.07, 6.45) is 4.48. The van der Waals surface area contributed by atoms with Crippen molar-refractivity contribution in [3.63, 3.8) is 0 Å². The first kappa shape index (κ1) is 12.3. The molecule has 3 aromatic rings. The number of aromatic nitrogens is 5. The van der Waals surface area contributed by atoms with Gasteiger partial charge in [0.05, 0.1) is 27.4 Å². The smallest absolute Gasteiger partial charge is 0.160 e. The van der Waals surface area contributed by atoms with Crippen LogP contribution >= 0.6 is 15.9 Å². The van der Waals surface area contributed by atoms with Crippen molar-refractivity contribution in [2.45, 2.75) is 13.3 Å². The highest BCUT2D eigenvalue weighted by Crippen LogP contribution is 2.31. The van der Waals surface area contributed by atoms with Crippen molar-refractivity contribution in [2.75, 3.05) is 0 Å². The number of hydrogen-bond donors (Lipinski definition) is 0. The third-order valence-corrected chi connectivity index (χ3v) is 4.12. The number of rotatable bonds is 2. The van der Waals surface area contributed by atoms with Gasteiger partial charge in [0, 0.05) is 20.3 Å². The molecule has 3 heterocycles. The number of aryl methyl sites for hydroxylation is 3. The highest BCUT2D eigenvalue weighted by atomic mass is 79.9. The molecule has 0 bridgehead atoms. The molecule has 3 rings (SSSR count). The van der Waals surface area contributed by atoms with Crippen molar-refractivity contribution in [3.8, 4) is 11.5 Å². The van der Waals surface area contributed by atoms with Crippen molar-refractivity contribution in [2.24, 2.45) is 14.1 Å². The molecule has 0 radical (unpaired) electrons. The van der Waals surface area contributed by atoms with Crippen molar-refractivity contribution < 1.29 is 0 Å². The summed E-state index contributed by atoms with van der Waals surface area (Å²) in [7, 11) is 3.94. The second-order valence-corrected chi connectivity index (χ2v) is 5.24. The standard InChI is InChI=1S/C13H14BrN5/c1-4-8-11(14)12(19(3)17-8)13-16-9-5-6-15-7-10(9)18(13)2/h5-7H,4H2,1-3H3. The van der Waals surface area contributed by atoms with Crippen molar-refractivity contribution >= 4 is 27.0 Å². The number of fused-ring (bicyclic) bond motifs is 1. The summed E-state index contributed by atoms with van der Waals surface area (Å²) in [6, 6.07) is 1.92. The van der Waals surface area contributed by atoms with Crippen LogP contribution in [-0.2, 0) is 20.5 Å². The van der Waals surface area contributed by atoms with Crippen molar-refractivity contribution in [3.05, 3.63) is 28.6 Å². The predicted molar refractivity (Wildman–Crippen MR) is 77.8 cm³/mol. The van der Waals surface area contributed by atoms with Crippen LogP contribution in [0.2, 0.25) is 0 Å². The summed E-state index contributed by atoms with van der Waals surface area (Å²) in [5.41, 5.74) is 4.00. The fourth-order valence-electron chi connectivity index (χ4n) is 2.27. The van der Waals surface area contributed by atoms with Crippen LogP contribution in [0.15, 0.2) is 22.9 Å². The SMILES string of the molecule is CCc1nn(C)c(-c2nc3ccncc3n2C)c1Br. The Labute approximate surface area is 119 Å². The number of nitrogens with zero attached hydrogens (tertiary/aromatic N) is 5. The Bertz CT molecular complexity index is 756. The highest BCUT2D eigenvalue weighted by molar-refractivity contribution is 9.10. The molecule has 0 spiro atoms. The van der Waals surface area contributed by atoms with E-state index in [9.17, 15) is 0 Å². The van der Waals surface area contributed by atoms with Crippen LogP contribution in [0.1, 0.15) is 12.6 Å². The van der Waals surface area contributed by atoms with Gasteiger partial charge < -0.3 is 4.57 Å². The average molecular weight is 320 g/mol. The summed E-state index contributed by atoms with van der Waals surface area (Å²) >= 11 is 3.64. The van der Waals surface area contributed by atoms with Gasteiger partial charge in [-0.25, -0.2) is 4.98 Å². The van der Waals surface area contributed by atoms with Gasteiger partial charge >= 0.3 is 0 Å². The molecule has 5 nitrogen and oxygen atoms in total. The Balaban J connectivity index is 2.30. The van der Waals surface area contributed by atoms with Gasteiger partial charge in [-0.2, -0.15) is 5.10 Å². The maximum atomic E-state index is 4.68. The van der Waals surface area contributed by atoms with Crippen LogP contribution in [0.3, 0.4) is 0 Å². The molecule has 0 aromatic carbocycles. The summed E-state index contributed by atoms with van der Waals surface area (Å²) in [4.78, 5) is 8.84. The molecule has 0 amide bonds. The molecular weight excluding hydrogens is 306 g/mol. The first-order valence-corrected chi connectivity index (χ1v) is 6.91. The van der Waals surface area contributed by atoms with Gasteiger partial charge in [-0.05, 0) is 28.4 Å². The fraction of sp³-hybridized carbons (Fsp3) is 0.308. The molecule has 0 aliphatic heterocycles. The van der Waals surface area contributed by atoms with E-state index in [4.69, 9.17) is 0 Å². The van der Waals surface area contributed by atoms with Gasteiger partial charge in [-0.1, -0.05) is 6.92 Å². The topological polar surface area (TPSA) is 48.5 Å². The van der Waals surface area contributed by atoms with E-state index < -0.39 is 0 Å². The van der Waals surface area contributed by atoms with Gasteiger partial charge in [-0.3, -0.25) is 9.67 Å². The lowest BCUT2D eigenvalue weighted by Crippen LogP contribution is -2.00. The van der Waals surface area contributed by atoms with Gasteiger partial charge in [0.2, 0.25) is 0 Å². The van der Waals surface area contributed by atoms with Crippen LogP contribution < -0.4 is 0 Å². The van der Waals surface area contributed by atoms with E-state index in [-0.39, 0.29) is 0 Å². The lowest BCUT2D eigenvalue weighted by molar-refractivity contribution is 0.744. The number of imidazole rings is 1. The molecule has 98 valence electrons. The molecule has 0 N–H and O–H groups in total. The first-order chi connectivity index (χ1) is 9.13. The Morgan fingerprint density at radius 1 is 1.32 bits per heavy atom. The third kappa shape index (κ3) is 1.78. The average Bonchev–Trinajstić information content (AvgIpc) is 2.88. The van der Waals surface area contributed by atoms with E-state index >= 15 is 0 Å². The lowest BCUT2D eigenvalue weighted by atomic mass is 10.3. The second-order valence-electron chi connectivity index (χ2n) is 4.45. The normalized spacial score (nSPS) is 11.4. The molecule has 6 heteroatoms. The predicted octanol–water partition coefficient (Wildman–Crippen LogP) is 2.69. The minimum absolute atomic E-state index is 0.889. The van der Waals surface area contributed by atoms with Crippen molar-refractivity contribution in [1.29, 1.82) is 0 Å². The number of hydrogen-bond acceptors (Lipinski definition) is 3. The third-order valence-electron chi connectivity index (χ3n) is 3.29. The summed E-state index contributed by atoms with van der Waals surface area (Å²) in [5.74, 6) is 0.893. The molecule has 0 fully saturated rings. The Kier molecular flexibility index (Phi) is 2.89. The lowest BCUT2D eigenvalue weighted by Gasteiger charge is -2.03. The van der Waals surface area contributed by atoms with Crippen molar-refractivity contribution in [1.82, 2.24) is 24.3 Å². The monoisotopic (exact) mass is 319 g/mol. The zero-order chi connectivity index (χ0) is 13.6. The first-order valence-electron chi connectivity index (χ1n) is 6.11. The van der Waals surface area contributed by atoms with Gasteiger partial charge in [0.25, 0.3) is 0 Å². The fourth-order valence-corrected chi connectivity index (χ4v) is 3.06. The molecule has 0 aliphatic carbocycles. The molecule has 0 aliphatic rings. The number of halogens is 1. The molecule has 3 aromatic heterocycles. The minimum atomic E-state index is 0.889. The van der Waals surface area contributed by atoms with Crippen LogP contribution in [0.5, 0.6) is 0 Å². The summed E-state index contributed by atoms with van der Waals surface area (Å²) in [6.45, 7) is 2.09. The van der Waals surface area contributed by atoms with Crippen LogP contribution in [0.4, 0.5) is 0 Å². The number of pyridine rings is 1. The van der Waals surface area contributed by atoms with Crippen LogP contribution in [0, 0.1) is 0 Å². The van der Waals surface area contributed by atoms with Gasteiger partial charge in [0.15, 0.2) is 5.82 Å². The highest BCUT2D eigenvalue weighted by Gasteiger charge is 2.19. The molecular formula is C13H14BrN5. The van der Waals surface area contributed by atoms with Gasteiger partial charge in [-0.15, -0.1) is 0 Å². The largest absolute Gasteiger partial charge is 0.325 e. The maximum Gasteiger partial charge on any atom is 0.160 e. The maximum absolute atomic E-state index is 4.68. The van der Waals surface area contributed by atoms with E-state index in [1.165, 1.54) is 0 Å². The quantitative estimate of drug-likeness (QED) is 0.729. The zero-order valence-corrected chi connectivity index (χ0v) is 12.6. The Hall–Kier alpha value is -1.69. The second kappa shape index (κ2) is 4.45. The Morgan fingerprint density at radius 2 is 2.11 bits per heavy atom. The van der Waals surface area contributed by atoms with E-state index in [2.05, 4.69) is 37.9 Å². The summed E-state index contributed by atoms with van der Waals surface area (Å²) < 4.78 is 4.94. The molecule has 19 heavy (non-hydrogen) atoms.